The molecule has 7 nitrogen and oxygen atoms in total. The molecule has 0 saturated carbocycles. The third-order valence-electron chi connectivity index (χ3n) is 2.56. The van der Waals surface area contributed by atoms with Crippen molar-refractivity contribution in [3.63, 3.8) is 0 Å². The van der Waals surface area contributed by atoms with E-state index in [0.29, 0.717) is 32.7 Å². The number of aliphatic carboxylic acids is 1. The van der Waals surface area contributed by atoms with Crippen LogP contribution in [0.25, 0.3) is 0 Å². The highest BCUT2D eigenvalue weighted by atomic mass is 16.5. The minimum Gasteiger partial charge on any atom is -0.481 e. The highest BCUT2D eigenvalue weighted by molar-refractivity contribution is 5.76. The number of amides is 2. The molecule has 1 aliphatic heterocycles. The van der Waals surface area contributed by atoms with Crippen LogP contribution < -0.4 is 11.1 Å². The molecule has 0 aliphatic carbocycles. The predicted molar refractivity (Wildman–Crippen MR) is 60.6 cm³/mol. The van der Waals surface area contributed by atoms with Crippen LogP contribution >= 0.6 is 0 Å². The summed E-state index contributed by atoms with van der Waals surface area (Å²) in [6.45, 7) is 2.16. The van der Waals surface area contributed by atoms with Crippen molar-refractivity contribution in [1.82, 2.24) is 10.2 Å². The first kappa shape index (κ1) is 13.7. The van der Waals surface area contributed by atoms with Gasteiger partial charge in [-0.2, -0.15) is 0 Å². The second kappa shape index (κ2) is 7.08. The van der Waals surface area contributed by atoms with Crippen LogP contribution in [0.15, 0.2) is 0 Å². The van der Waals surface area contributed by atoms with E-state index in [1.54, 1.807) is 0 Å². The van der Waals surface area contributed by atoms with Crippen LogP contribution in [0.2, 0.25) is 0 Å². The van der Waals surface area contributed by atoms with Gasteiger partial charge in [-0.15, -0.1) is 0 Å². The van der Waals surface area contributed by atoms with Gasteiger partial charge in [-0.1, -0.05) is 0 Å². The van der Waals surface area contributed by atoms with E-state index < -0.39 is 5.97 Å². The average molecular weight is 245 g/mol. The molecule has 0 radical (unpaired) electrons. The highest BCUT2D eigenvalue weighted by Crippen LogP contribution is 2.10. The molecule has 0 aromatic rings. The minimum atomic E-state index is -0.930. The maximum Gasteiger partial charge on any atom is 0.317 e. The van der Waals surface area contributed by atoms with E-state index in [2.05, 4.69) is 5.32 Å². The van der Waals surface area contributed by atoms with E-state index in [0.717, 1.165) is 0 Å². The Morgan fingerprint density at radius 1 is 1.53 bits per heavy atom. The van der Waals surface area contributed by atoms with Crippen molar-refractivity contribution in [1.29, 1.82) is 0 Å². The normalized spacial score (nSPS) is 20.1. The number of carboxylic acid groups (broad SMARTS) is 1. The molecule has 0 spiro atoms. The van der Waals surface area contributed by atoms with Gasteiger partial charge in [0.25, 0.3) is 0 Å². The summed E-state index contributed by atoms with van der Waals surface area (Å²) in [6, 6.07) is -0.632. The molecule has 0 aromatic heterocycles. The standard InChI is InChI=1S/C10H19N3O4/c11-2-1-3-12-10(16)13-4-5-17-7-8(13)6-9(14)15/h8H,1-7,11H2,(H,12,16)(H,14,15). The van der Waals surface area contributed by atoms with Crippen molar-refractivity contribution in [2.24, 2.45) is 5.73 Å². The van der Waals surface area contributed by atoms with E-state index in [1.165, 1.54) is 4.90 Å². The molecular formula is C10H19N3O4. The first-order valence-electron chi connectivity index (χ1n) is 5.69. The van der Waals surface area contributed by atoms with Crippen molar-refractivity contribution in [3.8, 4) is 0 Å². The zero-order valence-corrected chi connectivity index (χ0v) is 9.72. The summed E-state index contributed by atoms with van der Waals surface area (Å²) in [4.78, 5) is 24.0. The number of carbonyl (C=O) groups excluding carboxylic acids is 1. The van der Waals surface area contributed by atoms with E-state index in [9.17, 15) is 9.59 Å². The summed E-state index contributed by atoms with van der Waals surface area (Å²) in [6.07, 6.45) is 0.615. The van der Waals surface area contributed by atoms with E-state index in [1.807, 2.05) is 0 Å². The van der Waals surface area contributed by atoms with Gasteiger partial charge in [0.1, 0.15) is 0 Å². The van der Waals surface area contributed by atoms with E-state index >= 15 is 0 Å². The van der Waals surface area contributed by atoms with Gasteiger partial charge in [0, 0.05) is 13.1 Å². The number of nitrogens with two attached hydrogens (primary N) is 1. The van der Waals surface area contributed by atoms with Gasteiger partial charge in [0.15, 0.2) is 0 Å². The molecule has 1 rings (SSSR count). The van der Waals surface area contributed by atoms with Gasteiger partial charge in [-0.3, -0.25) is 4.79 Å². The molecule has 1 atom stereocenters. The Bertz CT molecular complexity index is 272. The van der Waals surface area contributed by atoms with Crippen LogP contribution in [-0.2, 0) is 9.53 Å². The first-order chi connectivity index (χ1) is 8.15. The summed E-state index contributed by atoms with van der Waals surface area (Å²) < 4.78 is 5.18. The molecule has 1 heterocycles. The van der Waals surface area contributed by atoms with Gasteiger partial charge in [-0.25, -0.2) is 4.79 Å². The molecule has 98 valence electrons. The van der Waals surface area contributed by atoms with Crippen LogP contribution in [-0.4, -0.2) is 60.9 Å². The zero-order chi connectivity index (χ0) is 12.7. The topological polar surface area (TPSA) is 105 Å². The lowest BCUT2D eigenvalue weighted by atomic mass is 10.1. The van der Waals surface area contributed by atoms with Gasteiger partial charge in [-0.05, 0) is 13.0 Å². The number of ether oxygens (including phenoxy) is 1. The lowest BCUT2D eigenvalue weighted by Crippen LogP contribution is -2.53. The monoisotopic (exact) mass is 245 g/mol. The smallest absolute Gasteiger partial charge is 0.317 e. The maximum atomic E-state index is 11.8. The fourth-order valence-electron chi connectivity index (χ4n) is 1.69. The van der Waals surface area contributed by atoms with Crippen molar-refractivity contribution < 1.29 is 19.4 Å². The van der Waals surface area contributed by atoms with Crippen molar-refractivity contribution in [2.75, 3.05) is 32.8 Å². The van der Waals surface area contributed by atoms with Crippen LogP contribution in [0, 0.1) is 0 Å². The number of nitrogens with one attached hydrogen (secondary N) is 1. The van der Waals surface area contributed by atoms with Crippen molar-refractivity contribution in [2.45, 2.75) is 18.9 Å². The SMILES string of the molecule is NCCCNC(=O)N1CCOCC1CC(=O)O. The predicted octanol–water partition coefficient (Wildman–Crippen LogP) is -0.780. The third-order valence-corrected chi connectivity index (χ3v) is 2.56. The summed E-state index contributed by atoms with van der Waals surface area (Å²) >= 11 is 0. The number of rotatable bonds is 5. The van der Waals surface area contributed by atoms with Gasteiger partial charge >= 0.3 is 12.0 Å². The number of urea groups is 1. The molecule has 1 unspecified atom stereocenters. The Morgan fingerprint density at radius 3 is 2.94 bits per heavy atom. The summed E-state index contributed by atoms with van der Waals surface area (Å²) in [5.41, 5.74) is 5.32. The minimum absolute atomic E-state index is 0.0929. The molecule has 4 N–H and O–H groups in total. The van der Waals surface area contributed by atoms with Gasteiger partial charge in [0.05, 0.1) is 25.7 Å². The van der Waals surface area contributed by atoms with Crippen molar-refractivity contribution >= 4 is 12.0 Å². The quantitative estimate of drug-likeness (QED) is 0.551. The molecular weight excluding hydrogens is 226 g/mol. The number of morpholine rings is 1. The average Bonchev–Trinajstić information content (AvgIpc) is 2.29. The summed E-state index contributed by atoms with van der Waals surface area (Å²) in [7, 11) is 0. The van der Waals surface area contributed by atoms with Crippen molar-refractivity contribution in [3.05, 3.63) is 0 Å². The molecule has 0 aromatic carbocycles. The molecule has 2 amide bonds. The Morgan fingerprint density at radius 2 is 2.29 bits per heavy atom. The van der Waals surface area contributed by atoms with Crippen LogP contribution in [0.5, 0.6) is 0 Å². The number of carbonyl (C=O) groups is 2. The van der Waals surface area contributed by atoms with E-state index in [-0.39, 0.29) is 25.1 Å². The van der Waals surface area contributed by atoms with Gasteiger partial charge in [0.2, 0.25) is 0 Å². The van der Waals surface area contributed by atoms with Crippen LogP contribution in [0.1, 0.15) is 12.8 Å². The fourth-order valence-corrected chi connectivity index (χ4v) is 1.69. The lowest BCUT2D eigenvalue weighted by molar-refractivity contribution is -0.139. The Balaban J connectivity index is 2.45. The largest absolute Gasteiger partial charge is 0.481 e. The van der Waals surface area contributed by atoms with Crippen LogP contribution in [0.3, 0.4) is 0 Å². The Hall–Kier alpha value is -1.34. The van der Waals surface area contributed by atoms with Crippen LogP contribution in [0.4, 0.5) is 4.79 Å². The second-order valence-corrected chi connectivity index (χ2v) is 3.89. The molecule has 1 aliphatic rings. The summed E-state index contributed by atoms with van der Waals surface area (Å²) in [5, 5.41) is 11.5. The Labute approximate surface area is 99.9 Å². The molecule has 17 heavy (non-hydrogen) atoms. The number of hydrogen-bond acceptors (Lipinski definition) is 4. The highest BCUT2D eigenvalue weighted by Gasteiger charge is 2.28. The molecule has 0 bridgehead atoms. The molecule has 7 heteroatoms. The second-order valence-electron chi connectivity index (χ2n) is 3.89. The van der Waals surface area contributed by atoms with Gasteiger partial charge < -0.3 is 25.8 Å². The summed E-state index contributed by atoms with van der Waals surface area (Å²) in [5.74, 6) is -0.930. The lowest BCUT2D eigenvalue weighted by Gasteiger charge is -2.34. The molecule has 1 saturated heterocycles. The fraction of sp³-hybridized carbons (Fsp3) is 0.800. The number of nitrogens with zero attached hydrogens (tertiary/aromatic N) is 1. The maximum absolute atomic E-state index is 11.8. The molecule has 1 fully saturated rings. The number of hydrogen-bond donors (Lipinski definition) is 3. The number of carboxylic acids is 1. The van der Waals surface area contributed by atoms with E-state index in [4.69, 9.17) is 15.6 Å². The third kappa shape index (κ3) is 4.58. The Kier molecular flexibility index (Phi) is 5.71. The first-order valence-corrected chi connectivity index (χ1v) is 5.69. The zero-order valence-electron chi connectivity index (χ0n) is 9.72.